The Morgan fingerprint density at radius 1 is 1.21 bits per heavy atom. The lowest BCUT2D eigenvalue weighted by atomic mass is 10.2. The van der Waals surface area contributed by atoms with Crippen molar-refractivity contribution < 1.29 is 23.8 Å². The van der Waals surface area contributed by atoms with Crippen LogP contribution in [0.3, 0.4) is 0 Å². The number of halogens is 1. The SMILES string of the molecule is C=CCOc1ccc(/C=C/C(=O)O[C@H](C)C(=O)Nc2cccc(Cl)c2)cc1OC. The molecule has 2 rings (SSSR count). The minimum absolute atomic E-state index is 0.354. The highest BCUT2D eigenvalue weighted by molar-refractivity contribution is 6.30. The van der Waals surface area contributed by atoms with Gasteiger partial charge in [0, 0.05) is 16.8 Å². The Morgan fingerprint density at radius 2 is 2.00 bits per heavy atom. The van der Waals surface area contributed by atoms with Crippen LogP contribution in [0.1, 0.15) is 12.5 Å². The average molecular weight is 416 g/mol. The van der Waals surface area contributed by atoms with Crippen LogP contribution < -0.4 is 14.8 Å². The second kappa shape index (κ2) is 10.9. The number of carbonyl (C=O) groups is 2. The molecule has 0 aliphatic rings. The molecule has 2 aromatic rings. The largest absolute Gasteiger partial charge is 0.493 e. The summed E-state index contributed by atoms with van der Waals surface area (Å²) in [6, 6.07) is 11.9. The molecule has 6 nitrogen and oxygen atoms in total. The molecule has 0 saturated carbocycles. The standard InChI is InChI=1S/C22H22ClNO5/c1-4-12-28-19-10-8-16(13-20(19)27-3)9-11-21(25)29-15(2)22(26)24-18-7-5-6-17(23)14-18/h4-11,13-15H,1,12H2,2-3H3,(H,24,26)/b11-9+/t15-/m1/s1. The van der Waals surface area contributed by atoms with Crippen molar-refractivity contribution in [2.45, 2.75) is 13.0 Å². The topological polar surface area (TPSA) is 73.9 Å². The molecule has 0 aromatic heterocycles. The smallest absolute Gasteiger partial charge is 0.331 e. The highest BCUT2D eigenvalue weighted by Crippen LogP contribution is 2.28. The van der Waals surface area contributed by atoms with Gasteiger partial charge in [-0.05, 0) is 48.9 Å². The number of nitrogens with one attached hydrogen (secondary N) is 1. The summed E-state index contributed by atoms with van der Waals surface area (Å²) < 4.78 is 15.9. The molecule has 2 aromatic carbocycles. The maximum absolute atomic E-state index is 12.1. The number of hydrogen-bond donors (Lipinski definition) is 1. The highest BCUT2D eigenvalue weighted by Gasteiger charge is 2.16. The maximum Gasteiger partial charge on any atom is 0.331 e. The molecule has 0 unspecified atom stereocenters. The van der Waals surface area contributed by atoms with E-state index in [9.17, 15) is 9.59 Å². The van der Waals surface area contributed by atoms with E-state index in [4.69, 9.17) is 25.8 Å². The van der Waals surface area contributed by atoms with Crippen LogP contribution in [0.15, 0.2) is 61.2 Å². The quantitative estimate of drug-likeness (QED) is 0.371. The molecule has 0 aliphatic heterocycles. The Labute approximate surface area is 174 Å². The van der Waals surface area contributed by atoms with Gasteiger partial charge in [0.15, 0.2) is 17.6 Å². The molecular weight excluding hydrogens is 394 g/mol. The van der Waals surface area contributed by atoms with E-state index in [0.717, 1.165) is 0 Å². The first-order valence-corrected chi connectivity index (χ1v) is 9.17. The number of ether oxygens (including phenoxy) is 3. The Kier molecular flexibility index (Phi) is 8.30. The van der Waals surface area contributed by atoms with Crippen molar-refractivity contribution in [3.63, 3.8) is 0 Å². The van der Waals surface area contributed by atoms with Crippen molar-refractivity contribution in [1.82, 2.24) is 0 Å². The second-order valence-corrected chi connectivity index (χ2v) is 6.36. The summed E-state index contributed by atoms with van der Waals surface area (Å²) in [6.07, 6.45) is 3.45. The molecule has 1 N–H and O–H groups in total. The van der Waals surface area contributed by atoms with Crippen molar-refractivity contribution in [2.75, 3.05) is 19.0 Å². The van der Waals surface area contributed by atoms with E-state index >= 15 is 0 Å². The van der Waals surface area contributed by atoms with Crippen molar-refractivity contribution in [1.29, 1.82) is 0 Å². The third kappa shape index (κ3) is 7.01. The van der Waals surface area contributed by atoms with Gasteiger partial charge in [-0.15, -0.1) is 0 Å². The molecular formula is C22H22ClNO5. The summed E-state index contributed by atoms with van der Waals surface area (Å²) in [5.41, 5.74) is 1.23. The minimum atomic E-state index is -0.977. The first-order chi connectivity index (χ1) is 13.9. The van der Waals surface area contributed by atoms with Crippen molar-refractivity contribution in [3.05, 3.63) is 71.8 Å². The molecule has 0 aliphatic carbocycles. The molecule has 0 radical (unpaired) electrons. The van der Waals surface area contributed by atoms with E-state index in [2.05, 4.69) is 11.9 Å². The van der Waals surface area contributed by atoms with Gasteiger partial charge in [0.25, 0.3) is 5.91 Å². The van der Waals surface area contributed by atoms with E-state index in [1.165, 1.54) is 20.1 Å². The van der Waals surface area contributed by atoms with E-state index in [1.54, 1.807) is 54.6 Å². The fourth-order valence-electron chi connectivity index (χ4n) is 2.30. The zero-order valence-electron chi connectivity index (χ0n) is 16.2. The first-order valence-electron chi connectivity index (χ1n) is 8.79. The Bertz CT molecular complexity index is 910. The molecule has 152 valence electrons. The minimum Gasteiger partial charge on any atom is -0.493 e. The van der Waals surface area contributed by atoms with E-state index in [1.807, 2.05) is 0 Å². The maximum atomic E-state index is 12.1. The van der Waals surface area contributed by atoms with E-state index in [-0.39, 0.29) is 0 Å². The molecule has 29 heavy (non-hydrogen) atoms. The Balaban J connectivity index is 1.94. The van der Waals surface area contributed by atoms with Crippen LogP contribution in [0.2, 0.25) is 5.02 Å². The Morgan fingerprint density at radius 3 is 2.69 bits per heavy atom. The van der Waals surface area contributed by atoms with Crippen LogP contribution in [-0.2, 0) is 14.3 Å². The number of benzene rings is 2. The van der Waals surface area contributed by atoms with Gasteiger partial charge in [0.2, 0.25) is 0 Å². The summed E-state index contributed by atoms with van der Waals surface area (Å²) >= 11 is 5.88. The predicted octanol–water partition coefficient (Wildman–Crippen LogP) is 4.50. The number of esters is 1. The lowest BCUT2D eigenvalue weighted by Crippen LogP contribution is -2.29. The molecule has 1 amide bonds. The molecule has 0 spiro atoms. The summed E-state index contributed by atoms with van der Waals surface area (Å²) in [4.78, 5) is 24.2. The highest BCUT2D eigenvalue weighted by atomic mass is 35.5. The normalized spacial score (nSPS) is 11.6. The van der Waals surface area contributed by atoms with Gasteiger partial charge in [0.1, 0.15) is 6.61 Å². The summed E-state index contributed by atoms with van der Waals surface area (Å²) in [5.74, 6) is -0.0147. The predicted molar refractivity (Wildman–Crippen MR) is 113 cm³/mol. The summed E-state index contributed by atoms with van der Waals surface area (Å²) in [7, 11) is 1.53. The number of hydrogen-bond acceptors (Lipinski definition) is 5. The first kappa shape index (κ1) is 22.0. The third-order valence-corrected chi connectivity index (χ3v) is 3.95. The molecule has 1 atom stereocenters. The second-order valence-electron chi connectivity index (χ2n) is 5.92. The van der Waals surface area contributed by atoms with E-state index in [0.29, 0.717) is 34.4 Å². The molecule has 0 heterocycles. The molecule has 7 heteroatoms. The number of carbonyl (C=O) groups excluding carboxylic acids is 2. The summed E-state index contributed by atoms with van der Waals surface area (Å²) in [5, 5.41) is 3.13. The van der Waals surface area contributed by atoms with Crippen LogP contribution in [0.25, 0.3) is 6.08 Å². The fraction of sp³-hybridized carbons (Fsp3) is 0.182. The number of rotatable bonds is 9. The van der Waals surface area contributed by atoms with E-state index < -0.39 is 18.0 Å². The number of methoxy groups -OCH3 is 1. The van der Waals surface area contributed by atoms with Crippen LogP contribution >= 0.6 is 11.6 Å². The monoisotopic (exact) mass is 415 g/mol. The third-order valence-electron chi connectivity index (χ3n) is 3.71. The summed E-state index contributed by atoms with van der Waals surface area (Å²) in [6.45, 7) is 5.44. The molecule has 0 saturated heterocycles. The number of anilines is 1. The van der Waals surface area contributed by atoms with Crippen molar-refractivity contribution >= 4 is 35.2 Å². The number of amides is 1. The van der Waals surface area contributed by atoms with Crippen LogP contribution in [0.4, 0.5) is 5.69 Å². The van der Waals surface area contributed by atoms with Crippen molar-refractivity contribution in [3.8, 4) is 11.5 Å². The lowest BCUT2D eigenvalue weighted by molar-refractivity contribution is -0.148. The zero-order chi connectivity index (χ0) is 21.2. The molecule has 0 bridgehead atoms. The van der Waals surface area contributed by atoms with Crippen LogP contribution in [0, 0.1) is 0 Å². The van der Waals surface area contributed by atoms with Gasteiger partial charge in [-0.1, -0.05) is 36.4 Å². The van der Waals surface area contributed by atoms with Crippen LogP contribution in [-0.4, -0.2) is 31.7 Å². The van der Waals surface area contributed by atoms with Gasteiger partial charge >= 0.3 is 5.97 Å². The Hall–Kier alpha value is -3.25. The average Bonchev–Trinajstić information content (AvgIpc) is 2.70. The van der Waals surface area contributed by atoms with Gasteiger partial charge < -0.3 is 19.5 Å². The van der Waals surface area contributed by atoms with Crippen LogP contribution in [0.5, 0.6) is 11.5 Å². The van der Waals surface area contributed by atoms with Crippen molar-refractivity contribution in [2.24, 2.45) is 0 Å². The lowest BCUT2D eigenvalue weighted by Gasteiger charge is -2.12. The molecule has 0 fully saturated rings. The van der Waals surface area contributed by atoms with Gasteiger partial charge in [0.05, 0.1) is 7.11 Å². The fourth-order valence-corrected chi connectivity index (χ4v) is 2.49. The van der Waals surface area contributed by atoms with Gasteiger partial charge in [-0.25, -0.2) is 4.79 Å². The van der Waals surface area contributed by atoms with Gasteiger partial charge in [-0.3, -0.25) is 4.79 Å². The van der Waals surface area contributed by atoms with Gasteiger partial charge in [-0.2, -0.15) is 0 Å². The zero-order valence-corrected chi connectivity index (χ0v) is 16.9.